The zero-order valence-corrected chi connectivity index (χ0v) is 14.1. The highest BCUT2D eigenvalue weighted by Crippen LogP contribution is 2.24. The molecule has 0 radical (unpaired) electrons. The van der Waals surface area contributed by atoms with Gasteiger partial charge in [0.05, 0.1) is 6.04 Å². The fraction of sp³-hybridized carbons (Fsp3) is 0.263. The van der Waals surface area contributed by atoms with Crippen LogP contribution < -0.4 is 5.32 Å². The predicted octanol–water partition coefficient (Wildman–Crippen LogP) is 3.48. The average Bonchev–Trinajstić information content (AvgIpc) is 3.06. The van der Waals surface area contributed by atoms with E-state index in [0.29, 0.717) is 11.1 Å². The predicted molar refractivity (Wildman–Crippen MR) is 92.9 cm³/mol. The molecule has 0 fully saturated rings. The Balaban J connectivity index is 1.60. The number of fused-ring (bicyclic) bond motifs is 1. The van der Waals surface area contributed by atoms with Crippen molar-refractivity contribution in [2.45, 2.75) is 32.6 Å². The number of hydrogen-bond donors (Lipinski definition) is 2. The van der Waals surface area contributed by atoms with E-state index in [1.807, 2.05) is 49.4 Å². The fourth-order valence-electron chi connectivity index (χ4n) is 2.47. The Morgan fingerprint density at radius 1 is 1.24 bits per heavy atom. The summed E-state index contributed by atoms with van der Waals surface area (Å²) in [7, 11) is 0. The zero-order chi connectivity index (χ0) is 17.8. The van der Waals surface area contributed by atoms with Crippen molar-refractivity contribution < 1.29 is 19.1 Å². The molecule has 3 rings (SSSR count). The summed E-state index contributed by atoms with van der Waals surface area (Å²) in [5.74, 6) is 0.167. The number of para-hydroxylation sites is 1. The molecular weight excluding hydrogens is 320 g/mol. The second-order valence-electron chi connectivity index (χ2n) is 5.91. The van der Waals surface area contributed by atoms with E-state index in [9.17, 15) is 9.90 Å². The molecule has 1 aromatic heterocycles. The third-order valence-corrected chi connectivity index (χ3v) is 3.92. The highest BCUT2D eigenvalue weighted by Gasteiger charge is 2.24. The van der Waals surface area contributed by atoms with Gasteiger partial charge in [-0.2, -0.15) is 0 Å². The SMILES string of the molecule is Cc1cccc2oc(C(O)[C@H](C)NC(=O)OCc3ccccc3)nc12. The lowest BCUT2D eigenvalue weighted by Gasteiger charge is -2.17. The molecule has 0 bridgehead atoms. The number of amides is 1. The molecule has 6 nitrogen and oxygen atoms in total. The van der Waals surface area contributed by atoms with E-state index >= 15 is 0 Å². The van der Waals surface area contributed by atoms with Crippen LogP contribution >= 0.6 is 0 Å². The minimum absolute atomic E-state index is 0.164. The number of carbonyl (C=O) groups is 1. The van der Waals surface area contributed by atoms with Gasteiger partial charge in [0.25, 0.3) is 0 Å². The molecule has 2 atom stereocenters. The summed E-state index contributed by atoms with van der Waals surface area (Å²) < 4.78 is 10.7. The number of aryl methyl sites for hydroxylation is 1. The molecule has 6 heteroatoms. The molecular formula is C19H20N2O4. The second-order valence-corrected chi connectivity index (χ2v) is 5.91. The Hall–Kier alpha value is -2.86. The van der Waals surface area contributed by atoms with Gasteiger partial charge in [-0.1, -0.05) is 42.5 Å². The number of hydrogen-bond acceptors (Lipinski definition) is 5. The molecule has 1 amide bonds. The quantitative estimate of drug-likeness (QED) is 0.743. The highest BCUT2D eigenvalue weighted by atomic mass is 16.5. The lowest BCUT2D eigenvalue weighted by atomic mass is 10.2. The van der Waals surface area contributed by atoms with E-state index in [1.165, 1.54) is 0 Å². The van der Waals surface area contributed by atoms with Crippen LogP contribution in [0.5, 0.6) is 0 Å². The maximum atomic E-state index is 11.9. The topological polar surface area (TPSA) is 84.6 Å². The Bertz CT molecular complexity index is 860. The number of nitrogens with one attached hydrogen (secondary N) is 1. The summed E-state index contributed by atoms with van der Waals surface area (Å²) in [5, 5.41) is 13.0. The monoisotopic (exact) mass is 340 g/mol. The van der Waals surface area contributed by atoms with Crippen molar-refractivity contribution in [3.05, 3.63) is 65.5 Å². The average molecular weight is 340 g/mol. The largest absolute Gasteiger partial charge is 0.445 e. The molecule has 0 saturated heterocycles. The maximum absolute atomic E-state index is 11.9. The van der Waals surface area contributed by atoms with Crippen molar-refractivity contribution in [3.8, 4) is 0 Å². The molecule has 0 saturated carbocycles. The molecule has 3 aromatic rings. The van der Waals surface area contributed by atoms with Crippen LogP contribution in [-0.4, -0.2) is 22.2 Å². The third-order valence-electron chi connectivity index (χ3n) is 3.92. The van der Waals surface area contributed by atoms with Crippen molar-refractivity contribution in [2.24, 2.45) is 0 Å². The van der Waals surface area contributed by atoms with Crippen LogP contribution in [0.2, 0.25) is 0 Å². The van der Waals surface area contributed by atoms with Crippen molar-refractivity contribution in [2.75, 3.05) is 0 Å². The van der Waals surface area contributed by atoms with Crippen LogP contribution in [0.4, 0.5) is 4.79 Å². The Kier molecular flexibility index (Phi) is 5.00. The molecule has 130 valence electrons. The molecule has 0 spiro atoms. The molecule has 25 heavy (non-hydrogen) atoms. The summed E-state index contributed by atoms with van der Waals surface area (Å²) in [4.78, 5) is 16.2. The summed E-state index contributed by atoms with van der Waals surface area (Å²) in [6.45, 7) is 3.75. The summed E-state index contributed by atoms with van der Waals surface area (Å²) >= 11 is 0. The molecule has 2 aromatic carbocycles. The van der Waals surface area contributed by atoms with Gasteiger partial charge < -0.3 is 19.6 Å². The van der Waals surface area contributed by atoms with Gasteiger partial charge in [-0.3, -0.25) is 0 Å². The number of aliphatic hydroxyl groups excluding tert-OH is 1. The van der Waals surface area contributed by atoms with Crippen LogP contribution in [0.15, 0.2) is 52.9 Å². The lowest BCUT2D eigenvalue weighted by Crippen LogP contribution is -2.37. The van der Waals surface area contributed by atoms with Gasteiger partial charge in [0.15, 0.2) is 5.58 Å². The van der Waals surface area contributed by atoms with E-state index < -0.39 is 18.2 Å². The molecule has 1 heterocycles. The molecule has 0 aliphatic carbocycles. The number of nitrogens with zero attached hydrogens (tertiary/aromatic N) is 1. The number of oxazole rings is 1. The zero-order valence-electron chi connectivity index (χ0n) is 14.1. The minimum atomic E-state index is -1.07. The van der Waals surface area contributed by atoms with Crippen molar-refractivity contribution in [3.63, 3.8) is 0 Å². The summed E-state index contributed by atoms with van der Waals surface area (Å²) in [5.41, 5.74) is 3.16. The highest BCUT2D eigenvalue weighted by molar-refractivity contribution is 5.76. The summed E-state index contributed by atoms with van der Waals surface area (Å²) in [6, 6.07) is 14.3. The lowest BCUT2D eigenvalue weighted by molar-refractivity contribution is 0.0919. The number of alkyl carbamates (subject to hydrolysis) is 1. The summed E-state index contributed by atoms with van der Waals surface area (Å²) in [6.07, 6.45) is -1.68. The number of ether oxygens (including phenoxy) is 1. The van der Waals surface area contributed by atoms with Crippen LogP contribution in [0.3, 0.4) is 0 Å². The van der Waals surface area contributed by atoms with Crippen LogP contribution in [-0.2, 0) is 11.3 Å². The van der Waals surface area contributed by atoms with Gasteiger partial charge in [-0.05, 0) is 31.0 Å². The van der Waals surface area contributed by atoms with Gasteiger partial charge in [0.1, 0.15) is 18.2 Å². The maximum Gasteiger partial charge on any atom is 0.407 e. The first kappa shape index (κ1) is 17.0. The number of aromatic nitrogens is 1. The second kappa shape index (κ2) is 7.36. The third kappa shape index (κ3) is 3.97. The van der Waals surface area contributed by atoms with E-state index in [0.717, 1.165) is 11.1 Å². The molecule has 0 aliphatic rings. The molecule has 2 N–H and O–H groups in total. The molecule has 0 aliphatic heterocycles. The van der Waals surface area contributed by atoms with Crippen molar-refractivity contribution in [1.29, 1.82) is 0 Å². The van der Waals surface area contributed by atoms with Gasteiger partial charge in [0, 0.05) is 0 Å². The first-order valence-electron chi connectivity index (χ1n) is 8.06. The number of carbonyl (C=O) groups excluding carboxylic acids is 1. The van der Waals surface area contributed by atoms with Gasteiger partial charge in [-0.25, -0.2) is 9.78 Å². The Labute approximate surface area is 145 Å². The van der Waals surface area contributed by atoms with Crippen LogP contribution in [0.25, 0.3) is 11.1 Å². The van der Waals surface area contributed by atoms with Crippen LogP contribution in [0.1, 0.15) is 30.0 Å². The van der Waals surface area contributed by atoms with Crippen LogP contribution in [0, 0.1) is 6.92 Å². The number of benzene rings is 2. The number of rotatable bonds is 5. The van der Waals surface area contributed by atoms with E-state index in [4.69, 9.17) is 9.15 Å². The first-order chi connectivity index (χ1) is 12.0. The number of aliphatic hydroxyl groups is 1. The van der Waals surface area contributed by atoms with E-state index in [1.54, 1.807) is 13.0 Å². The fourth-order valence-corrected chi connectivity index (χ4v) is 2.47. The minimum Gasteiger partial charge on any atom is -0.445 e. The van der Waals surface area contributed by atoms with Crippen molar-refractivity contribution >= 4 is 17.2 Å². The smallest absolute Gasteiger partial charge is 0.407 e. The van der Waals surface area contributed by atoms with Gasteiger partial charge >= 0.3 is 6.09 Å². The van der Waals surface area contributed by atoms with Gasteiger partial charge in [-0.15, -0.1) is 0 Å². The normalized spacial score (nSPS) is 13.4. The van der Waals surface area contributed by atoms with E-state index in [2.05, 4.69) is 10.3 Å². The van der Waals surface area contributed by atoms with Gasteiger partial charge in [0.2, 0.25) is 5.89 Å². The molecule has 1 unspecified atom stereocenters. The first-order valence-corrected chi connectivity index (χ1v) is 8.06. The Morgan fingerprint density at radius 2 is 2.00 bits per heavy atom. The van der Waals surface area contributed by atoms with E-state index in [-0.39, 0.29) is 12.5 Å². The Morgan fingerprint density at radius 3 is 2.72 bits per heavy atom. The van der Waals surface area contributed by atoms with Crippen molar-refractivity contribution in [1.82, 2.24) is 10.3 Å². The standard InChI is InChI=1S/C19H20N2O4/c1-12-7-6-10-15-16(12)21-18(25-15)17(22)13(2)20-19(23)24-11-14-8-4-3-5-9-14/h3-10,13,17,22H,11H2,1-2H3,(H,20,23)/t13-,17?/m0/s1.